The first kappa shape index (κ1) is 33.6. The maximum atomic E-state index is 17.2. The molecule has 3 aromatic heterocycles. The molecule has 5 aromatic rings. The van der Waals surface area contributed by atoms with Gasteiger partial charge in [0.05, 0.1) is 39.1 Å². The third-order valence-electron chi connectivity index (χ3n) is 10.1. The molecule has 2 saturated heterocycles. The Bertz CT molecular complexity index is 2290. The Morgan fingerprint density at radius 2 is 2.12 bits per heavy atom. The number of aromatic nitrogens is 5. The molecule has 0 saturated carbocycles. The van der Waals surface area contributed by atoms with Crippen LogP contribution < -0.4 is 15.8 Å². The number of fused-ring (bicyclic) bond motifs is 4. The van der Waals surface area contributed by atoms with Crippen LogP contribution in [0.4, 0.5) is 18.2 Å². The molecule has 12 nitrogen and oxygen atoms in total. The Kier molecular flexibility index (Phi) is 8.29. The molecule has 17 heteroatoms. The molecule has 3 N–H and O–H groups in total. The quantitative estimate of drug-likeness (QED) is 0.237. The van der Waals surface area contributed by atoms with Gasteiger partial charge in [-0.3, -0.25) is 9.69 Å². The van der Waals surface area contributed by atoms with E-state index < -0.39 is 29.4 Å². The number of carbonyl (C=O) groups is 1. The van der Waals surface area contributed by atoms with Crippen LogP contribution in [0.5, 0.6) is 6.01 Å². The zero-order valence-electron chi connectivity index (χ0n) is 27.6. The summed E-state index contributed by atoms with van der Waals surface area (Å²) in [5.74, 6) is -1.36. The van der Waals surface area contributed by atoms with E-state index >= 15 is 4.39 Å². The number of anilines is 1. The molecule has 2 aromatic carbocycles. The van der Waals surface area contributed by atoms with E-state index in [2.05, 4.69) is 25.3 Å². The van der Waals surface area contributed by atoms with Gasteiger partial charge in [0.15, 0.2) is 5.82 Å². The van der Waals surface area contributed by atoms with E-state index in [1.165, 1.54) is 23.1 Å². The number of nitrogens with two attached hydrogens (primary N) is 1. The lowest BCUT2D eigenvalue weighted by molar-refractivity contribution is 0.0815. The van der Waals surface area contributed by atoms with Crippen LogP contribution in [-0.2, 0) is 6.54 Å². The highest BCUT2D eigenvalue weighted by molar-refractivity contribution is 7.23. The van der Waals surface area contributed by atoms with Crippen molar-refractivity contribution in [2.45, 2.75) is 50.0 Å². The van der Waals surface area contributed by atoms with E-state index in [-0.39, 0.29) is 72.1 Å². The highest BCUT2D eigenvalue weighted by Crippen LogP contribution is 2.46. The molecule has 6 heterocycles. The summed E-state index contributed by atoms with van der Waals surface area (Å²) >= 11 is 7.80. The van der Waals surface area contributed by atoms with E-state index in [4.69, 9.17) is 27.1 Å². The largest absolute Gasteiger partial charge is 0.461 e. The fraction of sp³-hybridized carbons (Fsp3) is 0.412. The van der Waals surface area contributed by atoms with Gasteiger partial charge in [-0.1, -0.05) is 17.7 Å². The minimum Gasteiger partial charge on any atom is -0.461 e. The maximum Gasteiger partial charge on any atom is 0.317 e. The average Bonchev–Trinajstić information content (AvgIpc) is 3.82. The number of alkyl halides is 1. The number of nitriles is 1. The van der Waals surface area contributed by atoms with E-state index in [0.29, 0.717) is 44.0 Å². The van der Waals surface area contributed by atoms with Crippen LogP contribution in [0.2, 0.25) is 5.02 Å². The molecule has 1 amide bonds. The van der Waals surface area contributed by atoms with Crippen molar-refractivity contribution in [2.75, 3.05) is 46.1 Å². The van der Waals surface area contributed by atoms with Crippen LogP contribution >= 0.6 is 22.9 Å². The number of hydrogen-bond acceptors (Lipinski definition) is 11. The van der Waals surface area contributed by atoms with Crippen LogP contribution in [0.3, 0.4) is 0 Å². The first-order chi connectivity index (χ1) is 24.5. The summed E-state index contributed by atoms with van der Waals surface area (Å²) < 4.78 is 54.8. The number of benzene rings is 2. The van der Waals surface area contributed by atoms with Gasteiger partial charge in [0, 0.05) is 43.4 Å². The van der Waals surface area contributed by atoms with E-state index in [0.717, 1.165) is 30.7 Å². The third-order valence-corrected chi connectivity index (χ3v) is 11.4. The number of rotatable bonds is 6. The second kappa shape index (κ2) is 12.6. The summed E-state index contributed by atoms with van der Waals surface area (Å²) in [7, 11) is 3.21. The summed E-state index contributed by atoms with van der Waals surface area (Å²) in [5.41, 5.74) is 5.85. The minimum absolute atomic E-state index is 0.00358. The molecule has 51 heavy (non-hydrogen) atoms. The Morgan fingerprint density at radius 3 is 2.90 bits per heavy atom. The number of carbonyl (C=O) groups excluding carboxylic acids is 1. The maximum absolute atomic E-state index is 17.2. The molecule has 2 fully saturated rings. The number of halogens is 4. The molecule has 3 aliphatic heterocycles. The lowest BCUT2D eigenvalue weighted by Crippen LogP contribution is -2.43. The standard InChI is InChI=1S/C34H32ClF3N10O2S/c1-46(2)32(49)31-42-23-13-41-8-6-22(48(23)45-31)27-18-10-20(35)25(17-4-5-21(37)29-24(17)19(12-39)30(40)51-29)26(38)28(18)44-33(43-27)50-15-34-7-3-9-47(34)14-16(36)11-34/h4-5,10,16,22,41H,3,6-9,11,13-15,40H2,1-2H3/t16-,22?,34+/m1/s1. The molecule has 0 radical (unpaired) electrons. The van der Waals surface area contributed by atoms with Gasteiger partial charge in [0.2, 0.25) is 5.82 Å². The molecule has 264 valence electrons. The summed E-state index contributed by atoms with van der Waals surface area (Å²) in [6, 6.07) is 5.32. The SMILES string of the molecule is CN(C)C(=O)c1nc2n(n1)C(c1nc(OC[C@@]34CCCN3C[C@H](F)C4)nc3c(F)c(-c4ccc(F)c5sc(N)c(C#N)c45)c(Cl)cc13)CCNC2. The van der Waals surface area contributed by atoms with E-state index in [9.17, 15) is 18.8 Å². The predicted octanol–water partition coefficient (Wildman–Crippen LogP) is 5.23. The monoisotopic (exact) mass is 736 g/mol. The molecular formula is C34H32ClF3N10O2S. The molecule has 0 bridgehead atoms. The number of nitrogens with zero attached hydrogens (tertiary/aromatic N) is 8. The predicted molar refractivity (Wildman–Crippen MR) is 185 cm³/mol. The van der Waals surface area contributed by atoms with Crippen molar-refractivity contribution in [3.8, 4) is 23.2 Å². The Balaban J connectivity index is 1.33. The van der Waals surface area contributed by atoms with Crippen molar-refractivity contribution < 1.29 is 22.7 Å². The first-order valence-corrected chi connectivity index (χ1v) is 17.7. The molecule has 3 aliphatic rings. The fourth-order valence-electron chi connectivity index (χ4n) is 7.75. The van der Waals surface area contributed by atoms with Crippen molar-refractivity contribution in [3.05, 3.63) is 57.8 Å². The van der Waals surface area contributed by atoms with Gasteiger partial charge in [-0.05, 0) is 50.0 Å². The van der Waals surface area contributed by atoms with Gasteiger partial charge >= 0.3 is 6.01 Å². The highest BCUT2D eigenvalue weighted by atomic mass is 35.5. The van der Waals surface area contributed by atoms with Gasteiger partial charge in [-0.15, -0.1) is 16.4 Å². The normalized spacial score (nSPS) is 21.8. The lowest BCUT2D eigenvalue weighted by Gasteiger charge is -2.31. The van der Waals surface area contributed by atoms with Gasteiger partial charge < -0.3 is 20.7 Å². The second-order valence-electron chi connectivity index (χ2n) is 13.4. The Hall–Kier alpha value is -4.56. The molecule has 8 rings (SSSR count). The lowest BCUT2D eigenvalue weighted by atomic mass is 9.95. The van der Waals surface area contributed by atoms with Crippen LogP contribution in [0, 0.1) is 23.0 Å². The van der Waals surface area contributed by atoms with Crippen LogP contribution in [0.25, 0.3) is 32.1 Å². The Labute approximate surface area is 299 Å². The number of nitrogens with one attached hydrogen (secondary N) is 1. The number of ether oxygens (including phenoxy) is 1. The van der Waals surface area contributed by atoms with Crippen molar-refractivity contribution in [1.82, 2.24) is 39.8 Å². The van der Waals surface area contributed by atoms with Gasteiger partial charge in [0.1, 0.15) is 41.0 Å². The van der Waals surface area contributed by atoms with Crippen LogP contribution in [0.1, 0.15) is 59.4 Å². The van der Waals surface area contributed by atoms with E-state index in [1.807, 2.05) is 6.07 Å². The second-order valence-corrected chi connectivity index (χ2v) is 14.9. The average molecular weight is 737 g/mol. The molecule has 1 unspecified atom stereocenters. The first-order valence-electron chi connectivity index (χ1n) is 16.5. The van der Waals surface area contributed by atoms with Crippen molar-refractivity contribution >= 4 is 54.8 Å². The molecule has 0 aliphatic carbocycles. The number of hydrogen-bond donors (Lipinski definition) is 2. The van der Waals surface area contributed by atoms with Crippen molar-refractivity contribution in [3.63, 3.8) is 0 Å². The van der Waals surface area contributed by atoms with Crippen LogP contribution in [-0.4, -0.2) is 92.5 Å². The van der Waals surface area contributed by atoms with Crippen LogP contribution in [0.15, 0.2) is 18.2 Å². The van der Waals surface area contributed by atoms with Crippen molar-refractivity contribution in [1.29, 1.82) is 5.26 Å². The zero-order chi connectivity index (χ0) is 35.8. The molecule has 0 spiro atoms. The summed E-state index contributed by atoms with van der Waals surface area (Å²) in [6.45, 7) is 2.02. The van der Waals surface area contributed by atoms with Gasteiger partial charge in [-0.2, -0.15) is 15.2 Å². The summed E-state index contributed by atoms with van der Waals surface area (Å²) in [4.78, 5) is 30.3. The zero-order valence-corrected chi connectivity index (χ0v) is 29.2. The number of amides is 1. The summed E-state index contributed by atoms with van der Waals surface area (Å²) in [6.07, 6.45) is 1.40. The summed E-state index contributed by atoms with van der Waals surface area (Å²) in [5, 5.41) is 18.3. The minimum atomic E-state index is -0.982. The molecule has 3 atom stereocenters. The van der Waals surface area contributed by atoms with Crippen molar-refractivity contribution in [2.24, 2.45) is 0 Å². The highest BCUT2D eigenvalue weighted by Gasteiger charge is 2.49. The third kappa shape index (κ3) is 5.45. The van der Waals surface area contributed by atoms with E-state index in [1.54, 1.807) is 18.8 Å². The number of thiophene rings is 1. The molecular weight excluding hydrogens is 705 g/mol. The van der Waals surface area contributed by atoms with Gasteiger partial charge in [-0.25, -0.2) is 22.8 Å². The number of nitrogen functional groups attached to an aromatic ring is 1. The topological polar surface area (TPSA) is 151 Å². The smallest absolute Gasteiger partial charge is 0.317 e. The Morgan fingerprint density at radius 1 is 1.29 bits per heavy atom. The fourth-order valence-corrected chi connectivity index (χ4v) is 8.99. The van der Waals surface area contributed by atoms with Gasteiger partial charge in [0.25, 0.3) is 5.91 Å².